The van der Waals surface area contributed by atoms with Crippen LogP contribution in [0.2, 0.25) is 0 Å². The zero-order valence-electron chi connectivity index (χ0n) is 28.8. The van der Waals surface area contributed by atoms with Gasteiger partial charge in [-0.05, 0) is 66.8 Å². The molecule has 53 heavy (non-hydrogen) atoms. The Balaban J connectivity index is 0.916. The first kappa shape index (κ1) is 31.3. The van der Waals surface area contributed by atoms with E-state index in [1.807, 2.05) is 42.5 Å². The fourth-order valence-corrected chi connectivity index (χ4v) is 7.70. The Morgan fingerprint density at radius 3 is 2.17 bits per heavy atom. The molecule has 264 valence electrons. The Labute approximate surface area is 304 Å². The number of esters is 1. The molecule has 1 spiro atoms. The van der Waals surface area contributed by atoms with Gasteiger partial charge in [-0.3, -0.25) is 4.79 Å². The summed E-state index contributed by atoms with van der Waals surface area (Å²) in [5, 5.41) is 0. The maximum Gasteiger partial charge on any atom is 0.340 e. The zero-order valence-corrected chi connectivity index (χ0v) is 28.8. The number of anilines is 3. The number of nitrogens with two attached hydrogens (primary N) is 1. The first-order valence-electron chi connectivity index (χ1n) is 18.0. The second-order valence-electron chi connectivity index (χ2n) is 14.0. The van der Waals surface area contributed by atoms with Gasteiger partial charge in [0.15, 0.2) is 17.0 Å². The van der Waals surface area contributed by atoms with E-state index in [1.165, 1.54) is 6.33 Å². The Morgan fingerprint density at radius 1 is 0.830 bits per heavy atom. The smallest absolute Gasteiger partial charge is 0.340 e. The van der Waals surface area contributed by atoms with Crippen molar-refractivity contribution in [2.75, 3.05) is 41.7 Å². The van der Waals surface area contributed by atoms with E-state index in [1.54, 1.807) is 12.1 Å². The van der Waals surface area contributed by atoms with Gasteiger partial charge in [-0.2, -0.15) is 9.97 Å². The summed E-state index contributed by atoms with van der Waals surface area (Å²) in [5.74, 6) is 1.30. The number of nitrogens with one attached hydrogen (secondary N) is 1. The van der Waals surface area contributed by atoms with Crippen molar-refractivity contribution in [3.63, 3.8) is 0 Å². The molecule has 0 unspecified atom stereocenters. The maximum absolute atomic E-state index is 13.8. The summed E-state index contributed by atoms with van der Waals surface area (Å²) in [7, 11) is 0. The number of nitrogens with zero attached hydrogens (tertiary/aromatic N) is 5. The van der Waals surface area contributed by atoms with Gasteiger partial charge in [0, 0.05) is 78.4 Å². The highest BCUT2D eigenvalue weighted by molar-refractivity contribution is 6.01. The van der Waals surface area contributed by atoms with E-state index in [2.05, 4.69) is 54.0 Å². The number of rotatable bonds is 9. The lowest BCUT2D eigenvalue weighted by molar-refractivity contribution is 0.0224. The predicted molar refractivity (Wildman–Crippen MR) is 198 cm³/mol. The van der Waals surface area contributed by atoms with Crippen LogP contribution in [0.1, 0.15) is 67.8 Å². The van der Waals surface area contributed by atoms with Gasteiger partial charge in [-0.25, -0.2) is 9.78 Å². The molecule has 0 radical (unpaired) electrons. The van der Waals surface area contributed by atoms with Crippen molar-refractivity contribution in [2.24, 2.45) is 0 Å². The van der Waals surface area contributed by atoms with Crippen LogP contribution in [0.5, 0.6) is 17.4 Å². The van der Waals surface area contributed by atoms with Crippen LogP contribution in [0.25, 0.3) is 11.2 Å². The molecule has 4 aliphatic rings. The van der Waals surface area contributed by atoms with Gasteiger partial charge in [0.2, 0.25) is 11.8 Å². The van der Waals surface area contributed by atoms with Crippen molar-refractivity contribution in [3.8, 4) is 17.4 Å². The zero-order chi connectivity index (χ0) is 35.7. The topological polar surface area (TPSA) is 149 Å². The molecule has 0 atom stereocenters. The van der Waals surface area contributed by atoms with Crippen molar-refractivity contribution in [1.29, 1.82) is 0 Å². The average molecular weight is 706 g/mol. The number of nitrogen functional groups attached to an aromatic ring is 1. The van der Waals surface area contributed by atoms with Gasteiger partial charge in [0.25, 0.3) is 0 Å². The summed E-state index contributed by atoms with van der Waals surface area (Å²) in [6.07, 6.45) is 4.67. The number of carbonyl (C=O) groups excluding carboxylic acids is 2. The molecule has 3 N–H and O–H groups in total. The molecular formula is C41H35N7O5. The molecule has 4 aromatic carbocycles. The molecule has 2 saturated heterocycles. The predicted octanol–water partition coefficient (Wildman–Crippen LogP) is 6.32. The Hall–Kier alpha value is -6.43. The highest BCUT2D eigenvalue weighted by atomic mass is 16.6. The molecule has 6 heterocycles. The van der Waals surface area contributed by atoms with E-state index < -0.39 is 11.6 Å². The molecular weight excluding hydrogens is 670 g/mol. The van der Waals surface area contributed by atoms with Gasteiger partial charge in [-0.15, -0.1) is 0 Å². The molecule has 2 aromatic heterocycles. The van der Waals surface area contributed by atoms with Crippen LogP contribution < -0.4 is 25.0 Å². The normalized spacial score (nSPS) is 16.3. The van der Waals surface area contributed by atoms with Crippen molar-refractivity contribution >= 4 is 40.2 Å². The second kappa shape index (κ2) is 12.1. The highest BCUT2D eigenvalue weighted by Gasteiger charge is 2.54. The van der Waals surface area contributed by atoms with Gasteiger partial charge in [0.1, 0.15) is 23.6 Å². The van der Waals surface area contributed by atoms with Crippen LogP contribution in [0.4, 0.5) is 17.3 Å². The number of carbonyl (C=O) groups is 2. The monoisotopic (exact) mass is 705 g/mol. The quantitative estimate of drug-likeness (QED) is 0.129. The molecule has 0 amide bonds. The van der Waals surface area contributed by atoms with E-state index in [0.29, 0.717) is 58.1 Å². The van der Waals surface area contributed by atoms with Crippen molar-refractivity contribution in [1.82, 2.24) is 19.9 Å². The molecule has 10 rings (SSSR count). The molecule has 4 aliphatic heterocycles. The van der Waals surface area contributed by atoms with E-state index in [0.717, 1.165) is 72.6 Å². The summed E-state index contributed by atoms with van der Waals surface area (Å²) in [6.45, 7) is 4.26. The fraction of sp³-hybridized carbons (Fsp3) is 0.244. The summed E-state index contributed by atoms with van der Waals surface area (Å²) >= 11 is 0. The third kappa shape index (κ3) is 5.15. The lowest BCUT2D eigenvalue weighted by Gasteiger charge is -2.39. The minimum absolute atomic E-state index is 0.0200. The third-order valence-corrected chi connectivity index (χ3v) is 10.8. The van der Waals surface area contributed by atoms with E-state index in [4.69, 9.17) is 19.9 Å². The largest absolute Gasteiger partial charge is 0.471 e. The van der Waals surface area contributed by atoms with Crippen molar-refractivity contribution in [2.45, 2.75) is 37.9 Å². The van der Waals surface area contributed by atoms with E-state index >= 15 is 0 Å². The van der Waals surface area contributed by atoms with E-state index in [-0.39, 0.29) is 18.3 Å². The van der Waals surface area contributed by atoms with Crippen LogP contribution >= 0.6 is 0 Å². The first-order valence-corrected chi connectivity index (χ1v) is 18.0. The number of ether oxygens (including phenoxy) is 3. The lowest BCUT2D eigenvalue weighted by Crippen LogP contribution is -2.38. The number of hydrogen-bond acceptors (Lipinski definition) is 11. The number of aromatic nitrogens is 4. The van der Waals surface area contributed by atoms with Gasteiger partial charge >= 0.3 is 5.97 Å². The number of benzene rings is 4. The first-order chi connectivity index (χ1) is 25.9. The van der Waals surface area contributed by atoms with Crippen LogP contribution in [-0.2, 0) is 23.4 Å². The highest BCUT2D eigenvalue weighted by Crippen LogP contribution is 2.57. The van der Waals surface area contributed by atoms with Crippen molar-refractivity contribution in [3.05, 3.63) is 124 Å². The molecule has 12 heteroatoms. The maximum atomic E-state index is 13.8. The standard InChI is InChI=1S/C41H35N7O5/c42-40-45-37-36(43-23-44-37)38(46-40)51-22-25-5-3-24(4-6-25)7-14-33(49)26-8-11-29-32(19-26)41(53-39(29)50)30-12-9-27(47-15-1-16-47)20-34(30)52-35-21-28(10-13-31(35)41)48-17-2-18-48/h3-6,8-13,19-21,23H,1-2,7,14-18,22H2,(H3,42,43,44,45,46). The molecule has 0 saturated carbocycles. The summed E-state index contributed by atoms with van der Waals surface area (Å²) in [5.41, 5.74) is 12.9. The number of ketones is 1. The molecule has 6 aromatic rings. The summed E-state index contributed by atoms with van der Waals surface area (Å²) < 4.78 is 19.0. The number of H-pyrrole nitrogens is 1. The molecule has 0 bridgehead atoms. The minimum Gasteiger partial charge on any atom is -0.471 e. The van der Waals surface area contributed by atoms with Crippen LogP contribution in [0, 0.1) is 0 Å². The summed E-state index contributed by atoms with van der Waals surface area (Å²) in [6, 6.07) is 25.5. The van der Waals surface area contributed by atoms with Gasteiger partial charge < -0.3 is 34.7 Å². The van der Waals surface area contributed by atoms with Gasteiger partial charge in [-0.1, -0.05) is 30.3 Å². The van der Waals surface area contributed by atoms with E-state index in [9.17, 15) is 9.59 Å². The number of imidazole rings is 1. The Morgan fingerprint density at radius 2 is 1.51 bits per heavy atom. The lowest BCUT2D eigenvalue weighted by atomic mass is 9.76. The molecule has 2 fully saturated rings. The number of fused-ring (bicyclic) bond motifs is 7. The van der Waals surface area contributed by atoms with Crippen molar-refractivity contribution < 1.29 is 23.8 Å². The fourth-order valence-electron chi connectivity index (χ4n) is 7.70. The SMILES string of the molecule is Nc1nc(OCc2ccc(CCC(=O)c3ccc4c(c3)C3(OC4=O)c4ccc(N5CCC5)cc4Oc4cc(N5CCC5)ccc43)cc2)c2[nH]cnc2n1. The third-order valence-electron chi connectivity index (χ3n) is 10.8. The number of aryl methyl sites for hydroxylation is 1. The number of hydrogen-bond donors (Lipinski definition) is 2. The second-order valence-corrected chi connectivity index (χ2v) is 14.0. The summed E-state index contributed by atoms with van der Waals surface area (Å²) in [4.78, 5) is 47.5. The molecule has 12 nitrogen and oxygen atoms in total. The number of aromatic amines is 1. The van der Waals surface area contributed by atoms with Crippen LogP contribution in [0.15, 0.2) is 85.2 Å². The Kier molecular flexibility index (Phi) is 7.14. The molecule has 0 aliphatic carbocycles. The Bertz CT molecular complexity index is 2390. The van der Waals surface area contributed by atoms with Gasteiger partial charge in [0.05, 0.1) is 11.9 Å². The number of Topliss-reactive ketones (excluding diaryl/α,β-unsaturated/α-hetero) is 1. The minimum atomic E-state index is -1.24. The average Bonchev–Trinajstić information content (AvgIpc) is 3.71. The van der Waals surface area contributed by atoms with Crippen LogP contribution in [0.3, 0.4) is 0 Å². The van der Waals surface area contributed by atoms with Crippen LogP contribution in [-0.4, -0.2) is 57.9 Å².